The van der Waals surface area contributed by atoms with Crippen molar-refractivity contribution in [1.29, 1.82) is 0 Å². The second kappa shape index (κ2) is 8.45. The molecule has 3 N–H and O–H groups in total. The quantitative estimate of drug-likeness (QED) is 0.609. The molecule has 0 bridgehead atoms. The zero-order valence-corrected chi connectivity index (χ0v) is 16.1. The van der Waals surface area contributed by atoms with Crippen LogP contribution in [0.1, 0.15) is 17.3 Å². The summed E-state index contributed by atoms with van der Waals surface area (Å²) in [5.41, 5.74) is 4.50. The van der Waals surface area contributed by atoms with Crippen LogP contribution in [0.15, 0.2) is 47.4 Å². The Labute approximate surface area is 166 Å². The molecular weight excluding hydrogens is 405 g/mol. The predicted molar refractivity (Wildman–Crippen MR) is 99.2 cm³/mol. The normalized spacial score (nSPS) is 14.0. The highest BCUT2D eigenvalue weighted by atomic mass is 32.2. The minimum absolute atomic E-state index is 0.203. The molecule has 0 saturated carbocycles. The van der Waals surface area contributed by atoms with Gasteiger partial charge in [0, 0.05) is 5.56 Å². The summed E-state index contributed by atoms with van der Waals surface area (Å²) < 4.78 is 50.9. The lowest BCUT2D eigenvalue weighted by Gasteiger charge is -2.19. The summed E-state index contributed by atoms with van der Waals surface area (Å²) in [4.78, 5) is 23.7. The number of sulfonamides is 1. The van der Waals surface area contributed by atoms with Crippen LogP contribution in [0.25, 0.3) is 0 Å². The number of halogens is 1. The van der Waals surface area contributed by atoms with Crippen molar-refractivity contribution in [2.45, 2.75) is 17.9 Å². The van der Waals surface area contributed by atoms with Gasteiger partial charge in [-0.2, -0.15) is 4.72 Å². The van der Waals surface area contributed by atoms with Gasteiger partial charge < -0.3 is 9.47 Å². The summed E-state index contributed by atoms with van der Waals surface area (Å²) in [6.45, 7) is 2.02. The smallest absolute Gasteiger partial charge is 0.269 e. The summed E-state index contributed by atoms with van der Waals surface area (Å²) >= 11 is 0. The van der Waals surface area contributed by atoms with Gasteiger partial charge in [-0.25, -0.2) is 12.8 Å². The number of rotatable bonds is 5. The molecule has 1 heterocycles. The van der Waals surface area contributed by atoms with Gasteiger partial charge in [0.05, 0.1) is 6.04 Å². The molecule has 9 nitrogen and oxygen atoms in total. The van der Waals surface area contributed by atoms with Gasteiger partial charge in [0.25, 0.3) is 11.8 Å². The molecule has 2 aromatic rings. The fourth-order valence-electron chi connectivity index (χ4n) is 2.50. The van der Waals surface area contributed by atoms with Gasteiger partial charge in [-0.1, -0.05) is 12.1 Å². The van der Waals surface area contributed by atoms with Crippen LogP contribution in [-0.2, 0) is 14.8 Å². The molecule has 11 heteroatoms. The van der Waals surface area contributed by atoms with E-state index in [0.717, 1.165) is 12.1 Å². The Hall–Kier alpha value is -3.18. The third kappa shape index (κ3) is 4.81. The van der Waals surface area contributed by atoms with E-state index in [4.69, 9.17) is 9.47 Å². The lowest BCUT2D eigenvalue weighted by Crippen LogP contribution is -2.51. The molecule has 29 heavy (non-hydrogen) atoms. The van der Waals surface area contributed by atoms with Crippen LogP contribution < -0.4 is 25.0 Å². The topological polar surface area (TPSA) is 123 Å². The zero-order valence-electron chi connectivity index (χ0n) is 15.3. The maximum Gasteiger partial charge on any atom is 0.269 e. The minimum Gasteiger partial charge on any atom is -0.486 e. The molecule has 3 rings (SSSR count). The molecule has 2 amide bonds. The standard InChI is InChI=1S/C18H18FN3O6S/c1-11(22-29(25,26)16-5-3-2-4-13(16)19)17(23)20-21-18(24)12-6-7-14-15(10-12)28-9-8-27-14/h2-7,10-11,22H,8-9H2,1H3,(H,20,23)(H,21,24)/t11-/m0/s1. The molecule has 0 unspecified atom stereocenters. The lowest BCUT2D eigenvalue weighted by atomic mass is 10.2. The fraction of sp³-hybridized carbons (Fsp3) is 0.222. The average molecular weight is 423 g/mol. The highest BCUT2D eigenvalue weighted by Crippen LogP contribution is 2.30. The number of benzene rings is 2. The fourth-order valence-corrected chi connectivity index (χ4v) is 3.78. The Morgan fingerprint density at radius 2 is 1.72 bits per heavy atom. The first-order valence-corrected chi connectivity index (χ1v) is 10.0. The number of carbonyl (C=O) groups excluding carboxylic acids is 2. The van der Waals surface area contributed by atoms with E-state index in [-0.39, 0.29) is 5.56 Å². The molecule has 1 atom stereocenters. The Morgan fingerprint density at radius 1 is 1.03 bits per heavy atom. The molecule has 0 radical (unpaired) electrons. The summed E-state index contributed by atoms with van der Waals surface area (Å²) in [6, 6.07) is 8.00. The Kier molecular flexibility index (Phi) is 5.99. The number of hydrogen-bond acceptors (Lipinski definition) is 6. The number of ether oxygens (including phenoxy) is 2. The van der Waals surface area contributed by atoms with Crippen molar-refractivity contribution in [3.63, 3.8) is 0 Å². The van der Waals surface area contributed by atoms with Gasteiger partial charge in [0.1, 0.15) is 23.9 Å². The van der Waals surface area contributed by atoms with Crippen molar-refractivity contribution in [2.24, 2.45) is 0 Å². The number of hydrogen-bond donors (Lipinski definition) is 3. The van der Waals surface area contributed by atoms with Crippen molar-refractivity contribution in [1.82, 2.24) is 15.6 Å². The van der Waals surface area contributed by atoms with Crippen LogP contribution in [0.2, 0.25) is 0 Å². The van der Waals surface area contributed by atoms with Crippen LogP contribution in [0, 0.1) is 5.82 Å². The summed E-state index contributed by atoms with van der Waals surface area (Å²) in [6.07, 6.45) is 0. The van der Waals surface area contributed by atoms with Crippen molar-refractivity contribution >= 4 is 21.8 Å². The van der Waals surface area contributed by atoms with Gasteiger partial charge in [-0.05, 0) is 37.3 Å². The van der Waals surface area contributed by atoms with Crippen LogP contribution >= 0.6 is 0 Å². The highest BCUT2D eigenvalue weighted by Gasteiger charge is 2.25. The highest BCUT2D eigenvalue weighted by molar-refractivity contribution is 7.89. The summed E-state index contributed by atoms with van der Waals surface area (Å²) in [5, 5.41) is 0. The van der Waals surface area contributed by atoms with Gasteiger partial charge >= 0.3 is 0 Å². The monoisotopic (exact) mass is 423 g/mol. The lowest BCUT2D eigenvalue weighted by molar-refractivity contribution is -0.123. The Bertz CT molecular complexity index is 1040. The van der Waals surface area contributed by atoms with Gasteiger partial charge in [-0.3, -0.25) is 20.4 Å². The largest absolute Gasteiger partial charge is 0.486 e. The third-order valence-electron chi connectivity index (χ3n) is 3.95. The summed E-state index contributed by atoms with van der Waals surface area (Å²) in [5.74, 6) is -1.51. The number of amides is 2. The van der Waals surface area contributed by atoms with E-state index in [9.17, 15) is 22.4 Å². The average Bonchev–Trinajstić information content (AvgIpc) is 2.71. The van der Waals surface area contributed by atoms with E-state index >= 15 is 0 Å². The van der Waals surface area contributed by atoms with E-state index in [1.807, 2.05) is 4.72 Å². The van der Waals surface area contributed by atoms with E-state index in [0.29, 0.717) is 24.7 Å². The summed E-state index contributed by atoms with van der Waals surface area (Å²) in [7, 11) is -4.27. The molecule has 0 saturated heterocycles. The molecule has 0 fully saturated rings. The molecule has 0 aromatic heterocycles. The SMILES string of the molecule is C[C@H](NS(=O)(=O)c1ccccc1F)C(=O)NNC(=O)c1ccc2c(c1)OCCO2. The molecule has 0 aliphatic carbocycles. The van der Waals surface area contributed by atoms with Gasteiger partial charge in [0.15, 0.2) is 11.5 Å². The number of nitrogens with one attached hydrogen (secondary N) is 3. The first-order chi connectivity index (χ1) is 13.8. The van der Waals surface area contributed by atoms with Crippen molar-refractivity contribution in [2.75, 3.05) is 13.2 Å². The van der Waals surface area contributed by atoms with Crippen LogP contribution in [-0.4, -0.2) is 39.5 Å². The molecule has 0 spiro atoms. The van der Waals surface area contributed by atoms with E-state index in [2.05, 4.69) is 10.9 Å². The zero-order chi connectivity index (χ0) is 21.0. The van der Waals surface area contributed by atoms with Gasteiger partial charge in [0.2, 0.25) is 10.0 Å². The van der Waals surface area contributed by atoms with Crippen molar-refractivity contribution < 1.29 is 31.9 Å². The maximum atomic E-state index is 13.7. The Morgan fingerprint density at radius 3 is 2.45 bits per heavy atom. The van der Waals surface area contributed by atoms with E-state index in [1.165, 1.54) is 31.2 Å². The van der Waals surface area contributed by atoms with Crippen LogP contribution in [0.5, 0.6) is 11.5 Å². The molecule has 1 aliphatic heterocycles. The second-order valence-corrected chi connectivity index (χ2v) is 7.76. The number of hydrazine groups is 1. The molecular formula is C18H18FN3O6S. The van der Waals surface area contributed by atoms with Crippen LogP contribution in [0.4, 0.5) is 4.39 Å². The molecule has 154 valence electrons. The van der Waals surface area contributed by atoms with Gasteiger partial charge in [-0.15, -0.1) is 0 Å². The maximum absolute atomic E-state index is 13.7. The second-order valence-electron chi connectivity index (χ2n) is 6.08. The van der Waals surface area contributed by atoms with Crippen LogP contribution in [0.3, 0.4) is 0 Å². The first-order valence-electron chi connectivity index (χ1n) is 8.54. The minimum atomic E-state index is -4.27. The first kappa shape index (κ1) is 20.6. The predicted octanol–water partition coefficient (Wildman–Crippen LogP) is 0.725. The third-order valence-corrected chi connectivity index (χ3v) is 5.53. The van der Waals surface area contributed by atoms with E-state index < -0.39 is 38.6 Å². The number of carbonyl (C=O) groups is 2. The Balaban J connectivity index is 1.59. The van der Waals surface area contributed by atoms with Crippen molar-refractivity contribution in [3.8, 4) is 11.5 Å². The number of fused-ring (bicyclic) bond motifs is 1. The van der Waals surface area contributed by atoms with E-state index in [1.54, 1.807) is 6.07 Å². The molecule has 2 aromatic carbocycles. The molecule has 1 aliphatic rings. The van der Waals surface area contributed by atoms with Crippen molar-refractivity contribution in [3.05, 3.63) is 53.8 Å².